The Morgan fingerprint density at radius 2 is 1.83 bits per heavy atom. The summed E-state index contributed by atoms with van der Waals surface area (Å²) in [4.78, 5) is 41.7. The zero-order chi connectivity index (χ0) is 20.3. The molecule has 0 atom stereocenters. The summed E-state index contributed by atoms with van der Waals surface area (Å²) >= 11 is 0. The smallest absolute Gasteiger partial charge is 0.269 e. The Labute approximate surface area is 165 Å². The van der Waals surface area contributed by atoms with Gasteiger partial charge >= 0.3 is 0 Å². The highest BCUT2D eigenvalue weighted by molar-refractivity contribution is 6.16. The molecule has 1 aliphatic heterocycles. The first kappa shape index (κ1) is 17.4. The predicted molar refractivity (Wildman–Crippen MR) is 112 cm³/mol. The number of aromatic nitrogens is 2. The van der Waals surface area contributed by atoms with Gasteiger partial charge in [-0.1, -0.05) is 29.8 Å². The lowest BCUT2D eigenvalue weighted by Gasteiger charge is -2.14. The second-order valence-electron chi connectivity index (χ2n) is 7.45. The molecule has 5 rings (SSSR count). The van der Waals surface area contributed by atoms with E-state index >= 15 is 0 Å². The van der Waals surface area contributed by atoms with Gasteiger partial charge < -0.3 is 4.98 Å². The molecule has 0 fully saturated rings. The summed E-state index contributed by atoms with van der Waals surface area (Å²) in [5.74, 6) is -0.889. The average Bonchev–Trinajstić information content (AvgIpc) is 3.24. The number of nitrogens with zero attached hydrogens (tertiary/aromatic N) is 3. The Bertz CT molecular complexity index is 1440. The van der Waals surface area contributed by atoms with Crippen LogP contribution in [-0.2, 0) is 16.1 Å². The fourth-order valence-electron chi connectivity index (χ4n) is 4.00. The molecule has 2 amide bonds. The molecule has 0 saturated heterocycles. The predicted octanol–water partition coefficient (Wildman–Crippen LogP) is 3.08. The van der Waals surface area contributed by atoms with Crippen molar-refractivity contribution in [2.75, 3.05) is 0 Å². The van der Waals surface area contributed by atoms with Crippen LogP contribution in [0.2, 0.25) is 0 Å². The highest BCUT2D eigenvalue weighted by Crippen LogP contribution is 2.30. The van der Waals surface area contributed by atoms with Crippen LogP contribution in [0, 0.1) is 6.92 Å². The van der Waals surface area contributed by atoms with E-state index in [0.29, 0.717) is 16.6 Å². The molecule has 0 radical (unpaired) electrons. The van der Waals surface area contributed by atoms with Gasteiger partial charge in [-0.2, -0.15) is 10.1 Å². The van der Waals surface area contributed by atoms with Gasteiger partial charge in [0, 0.05) is 27.4 Å². The number of aryl methyl sites for hydroxylation is 1. The molecule has 7 nitrogen and oxygen atoms in total. The van der Waals surface area contributed by atoms with Crippen LogP contribution in [0.1, 0.15) is 18.9 Å². The van der Waals surface area contributed by atoms with Gasteiger partial charge in [0.1, 0.15) is 6.54 Å². The zero-order valence-corrected chi connectivity index (χ0v) is 16.0. The number of pyridine rings is 1. The highest BCUT2D eigenvalue weighted by atomic mass is 16.2. The third kappa shape index (κ3) is 2.58. The summed E-state index contributed by atoms with van der Waals surface area (Å²) in [6.07, 6.45) is 0.125. The van der Waals surface area contributed by atoms with E-state index in [9.17, 15) is 14.4 Å². The number of hydrogen-bond donors (Lipinski definition) is 1. The van der Waals surface area contributed by atoms with Crippen molar-refractivity contribution in [3.05, 3.63) is 58.4 Å². The number of amides is 2. The molecule has 144 valence electrons. The highest BCUT2D eigenvalue weighted by Gasteiger charge is 2.28. The fraction of sp³-hybridized carbons (Fsp3) is 0.182. The summed E-state index contributed by atoms with van der Waals surface area (Å²) in [7, 11) is 0. The molecule has 0 unspecified atom stereocenters. The average molecular weight is 386 g/mol. The monoisotopic (exact) mass is 386 g/mol. The number of hydrazone groups is 1. The van der Waals surface area contributed by atoms with Crippen molar-refractivity contribution in [1.29, 1.82) is 0 Å². The van der Waals surface area contributed by atoms with E-state index in [4.69, 9.17) is 0 Å². The van der Waals surface area contributed by atoms with Crippen molar-refractivity contribution < 1.29 is 9.59 Å². The van der Waals surface area contributed by atoms with Crippen molar-refractivity contribution in [2.24, 2.45) is 5.10 Å². The van der Waals surface area contributed by atoms with Gasteiger partial charge in [-0.05, 0) is 32.0 Å². The maximum atomic E-state index is 13.3. The molecule has 0 aliphatic carbocycles. The normalized spacial score (nSPS) is 14.3. The van der Waals surface area contributed by atoms with Crippen LogP contribution in [0.4, 0.5) is 0 Å². The van der Waals surface area contributed by atoms with Crippen LogP contribution in [0.25, 0.3) is 32.7 Å². The molecule has 3 heterocycles. The molecule has 2 aromatic heterocycles. The van der Waals surface area contributed by atoms with Crippen molar-refractivity contribution in [3.8, 4) is 0 Å². The number of carbonyl (C=O) groups excluding carboxylic acids is 2. The molecular formula is C22H18N4O3. The number of nitrogens with one attached hydrogen (secondary N) is 1. The maximum Gasteiger partial charge on any atom is 0.269 e. The minimum Gasteiger partial charge on any atom is -0.353 e. The lowest BCUT2D eigenvalue weighted by molar-refractivity contribution is -0.143. The van der Waals surface area contributed by atoms with Gasteiger partial charge in [0.25, 0.3) is 17.4 Å². The first-order valence-electron chi connectivity index (χ1n) is 9.37. The Morgan fingerprint density at radius 3 is 2.55 bits per heavy atom. The topological polar surface area (TPSA) is 87.5 Å². The van der Waals surface area contributed by atoms with Crippen molar-refractivity contribution >= 4 is 50.2 Å². The summed E-state index contributed by atoms with van der Waals surface area (Å²) in [5, 5.41) is 7.09. The molecule has 0 saturated carbocycles. The molecule has 0 spiro atoms. The Hall–Kier alpha value is -3.74. The van der Waals surface area contributed by atoms with Crippen LogP contribution in [0.5, 0.6) is 0 Å². The number of carbonyl (C=O) groups is 2. The lowest BCUT2D eigenvalue weighted by atomic mass is 10.1. The fourth-order valence-corrected chi connectivity index (χ4v) is 4.00. The standard InChI is InChI=1S/C22H18N4O3/c1-12-7-8-17-16(9-12)21-20(23-17)14-5-3-4-6-15(14)22(29)25(21)11-19(28)26-18(27)10-13(2)24-26/h3-9,23H,10-11H2,1-2H3. The van der Waals surface area contributed by atoms with Crippen LogP contribution in [0.15, 0.2) is 52.4 Å². The Kier molecular flexibility index (Phi) is 3.67. The molecule has 0 bridgehead atoms. The Balaban J connectivity index is 1.81. The lowest BCUT2D eigenvalue weighted by Crippen LogP contribution is -2.35. The summed E-state index contributed by atoms with van der Waals surface area (Å²) < 4.78 is 1.45. The summed E-state index contributed by atoms with van der Waals surface area (Å²) in [6.45, 7) is 3.42. The van der Waals surface area contributed by atoms with Crippen LogP contribution < -0.4 is 5.56 Å². The third-order valence-corrected chi connectivity index (χ3v) is 5.31. The first-order chi connectivity index (χ1) is 13.9. The van der Waals surface area contributed by atoms with Gasteiger partial charge in [-0.15, -0.1) is 0 Å². The largest absolute Gasteiger partial charge is 0.353 e. The molecule has 4 aromatic rings. The molecule has 1 N–H and O–H groups in total. The maximum absolute atomic E-state index is 13.3. The van der Waals surface area contributed by atoms with Gasteiger partial charge in [-0.25, -0.2) is 0 Å². The van der Waals surface area contributed by atoms with Crippen molar-refractivity contribution in [3.63, 3.8) is 0 Å². The number of rotatable bonds is 2. The van der Waals surface area contributed by atoms with Crippen LogP contribution in [-0.4, -0.2) is 32.1 Å². The molecular weight excluding hydrogens is 368 g/mol. The minimum absolute atomic E-state index is 0.125. The quantitative estimate of drug-likeness (QED) is 0.574. The first-order valence-corrected chi connectivity index (χ1v) is 9.37. The van der Waals surface area contributed by atoms with Gasteiger partial charge in [0.15, 0.2) is 0 Å². The minimum atomic E-state index is -0.521. The number of imide groups is 1. The number of fused-ring (bicyclic) bond motifs is 5. The van der Waals surface area contributed by atoms with Gasteiger partial charge in [0.2, 0.25) is 0 Å². The van der Waals surface area contributed by atoms with E-state index in [1.165, 1.54) is 4.57 Å². The number of hydrogen-bond acceptors (Lipinski definition) is 4. The van der Waals surface area contributed by atoms with E-state index in [0.717, 1.165) is 32.4 Å². The third-order valence-electron chi connectivity index (χ3n) is 5.31. The second kappa shape index (κ2) is 6.13. The summed E-state index contributed by atoms with van der Waals surface area (Å²) in [6, 6.07) is 13.3. The van der Waals surface area contributed by atoms with E-state index < -0.39 is 5.91 Å². The molecule has 29 heavy (non-hydrogen) atoms. The Morgan fingerprint density at radius 1 is 1.07 bits per heavy atom. The van der Waals surface area contributed by atoms with Crippen molar-refractivity contribution in [1.82, 2.24) is 14.6 Å². The van der Waals surface area contributed by atoms with E-state index in [1.807, 2.05) is 37.3 Å². The number of H-pyrrole nitrogens is 1. The van der Waals surface area contributed by atoms with Crippen molar-refractivity contribution in [2.45, 2.75) is 26.8 Å². The van der Waals surface area contributed by atoms with Gasteiger partial charge in [-0.3, -0.25) is 19.0 Å². The van der Waals surface area contributed by atoms with E-state index in [-0.39, 0.29) is 24.4 Å². The molecule has 1 aliphatic rings. The van der Waals surface area contributed by atoms with Gasteiger partial charge in [0.05, 0.1) is 17.5 Å². The molecule has 7 heteroatoms. The zero-order valence-electron chi connectivity index (χ0n) is 16.0. The van der Waals surface area contributed by atoms with Crippen LogP contribution >= 0.6 is 0 Å². The molecule has 2 aromatic carbocycles. The summed E-state index contributed by atoms with van der Waals surface area (Å²) in [5.41, 5.74) is 3.70. The second-order valence-corrected chi connectivity index (χ2v) is 7.45. The van der Waals surface area contributed by atoms with E-state index in [2.05, 4.69) is 10.1 Å². The SMILES string of the molecule is CC1=NN(C(=O)Cn2c(=O)c3ccccc3c3[nH]c4ccc(C)cc4c32)C(=O)C1. The number of aromatic amines is 1. The number of benzene rings is 2. The van der Waals surface area contributed by atoms with E-state index in [1.54, 1.807) is 19.1 Å². The van der Waals surface area contributed by atoms with Crippen LogP contribution in [0.3, 0.4) is 0 Å².